The minimum absolute atomic E-state index is 0.112. The molecule has 0 saturated heterocycles. The first kappa shape index (κ1) is 26.0. The predicted octanol–water partition coefficient (Wildman–Crippen LogP) is 8.48. The quantitative estimate of drug-likeness (QED) is 0.192. The molecule has 0 bridgehead atoms. The van der Waals surface area contributed by atoms with Crippen LogP contribution in [0.1, 0.15) is 11.1 Å². The van der Waals surface area contributed by atoms with Crippen molar-refractivity contribution in [1.29, 1.82) is 0 Å². The first-order valence-electron chi connectivity index (χ1n) is 11.7. The van der Waals surface area contributed by atoms with E-state index in [1.54, 1.807) is 12.1 Å². The molecule has 0 aliphatic heterocycles. The average molecular weight is 608 g/mol. The number of aromatic nitrogens is 2. The molecule has 0 amide bonds. The molecule has 5 nitrogen and oxygen atoms in total. The van der Waals surface area contributed by atoms with Crippen molar-refractivity contribution < 1.29 is 14.6 Å². The van der Waals surface area contributed by atoms with Crippen molar-refractivity contribution in [2.45, 2.75) is 13.0 Å². The number of carboxylic acid groups (broad SMARTS) is 1. The zero-order valence-electron chi connectivity index (χ0n) is 19.9. The number of carboxylic acids is 1. The lowest BCUT2D eigenvalue weighted by Gasteiger charge is -2.12. The summed E-state index contributed by atoms with van der Waals surface area (Å²) in [5.41, 5.74) is 5.56. The molecule has 0 atom stereocenters. The van der Waals surface area contributed by atoms with Crippen LogP contribution in [0.2, 0.25) is 10.0 Å². The van der Waals surface area contributed by atoms with Crippen LogP contribution in [0.25, 0.3) is 28.2 Å². The zero-order valence-corrected chi connectivity index (χ0v) is 23.0. The molecule has 0 unspecified atom stereocenters. The van der Waals surface area contributed by atoms with Gasteiger partial charge >= 0.3 is 5.97 Å². The lowest BCUT2D eigenvalue weighted by Crippen LogP contribution is -2.02. The van der Waals surface area contributed by atoms with Crippen molar-refractivity contribution in [3.8, 4) is 34.0 Å². The highest BCUT2D eigenvalue weighted by molar-refractivity contribution is 9.10. The first-order chi connectivity index (χ1) is 18.4. The minimum atomic E-state index is -0.911. The first-order valence-corrected chi connectivity index (χ1v) is 13.2. The second-order valence-corrected chi connectivity index (χ2v) is 10.4. The van der Waals surface area contributed by atoms with Crippen LogP contribution in [0.15, 0.2) is 102 Å². The maximum absolute atomic E-state index is 11.4. The molecule has 0 spiro atoms. The van der Waals surface area contributed by atoms with E-state index < -0.39 is 5.97 Å². The Morgan fingerprint density at radius 2 is 1.63 bits per heavy atom. The van der Waals surface area contributed by atoms with Crippen LogP contribution in [0.4, 0.5) is 0 Å². The van der Waals surface area contributed by atoms with Crippen molar-refractivity contribution in [3.05, 3.63) is 123 Å². The average Bonchev–Trinajstić information content (AvgIpc) is 3.34. The number of aliphatic carboxylic acids is 1. The van der Waals surface area contributed by atoms with Gasteiger partial charge in [0.1, 0.15) is 12.4 Å². The van der Waals surface area contributed by atoms with Gasteiger partial charge in [-0.1, -0.05) is 69.5 Å². The molecule has 0 aliphatic rings. The summed E-state index contributed by atoms with van der Waals surface area (Å²) in [7, 11) is 0. The molecule has 5 rings (SSSR count). The number of rotatable bonds is 8. The maximum Gasteiger partial charge on any atom is 0.307 e. The summed E-state index contributed by atoms with van der Waals surface area (Å²) in [6.07, 6.45) is -0.112. The predicted molar refractivity (Wildman–Crippen MR) is 154 cm³/mol. The van der Waals surface area contributed by atoms with Crippen LogP contribution < -0.4 is 4.74 Å². The van der Waals surface area contributed by atoms with Gasteiger partial charge in [0.25, 0.3) is 0 Å². The topological polar surface area (TPSA) is 64.3 Å². The number of carbonyl (C=O) groups is 1. The van der Waals surface area contributed by atoms with Crippen LogP contribution in [-0.4, -0.2) is 20.9 Å². The van der Waals surface area contributed by atoms with Gasteiger partial charge in [0.05, 0.1) is 23.5 Å². The summed E-state index contributed by atoms with van der Waals surface area (Å²) in [5.74, 6) is -0.326. The van der Waals surface area contributed by atoms with E-state index in [4.69, 9.17) is 33.0 Å². The highest BCUT2D eigenvalue weighted by atomic mass is 79.9. The molecule has 5 aromatic rings. The smallest absolute Gasteiger partial charge is 0.307 e. The van der Waals surface area contributed by atoms with Gasteiger partial charge in [-0.2, -0.15) is 5.10 Å². The number of nitrogens with zero attached hydrogens (tertiary/aromatic N) is 2. The number of benzene rings is 4. The minimum Gasteiger partial charge on any atom is -0.488 e. The molecule has 1 heterocycles. The van der Waals surface area contributed by atoms with Gasteiger partial charge in [-0.3, -0.25) is 4.79 Å². The molecule has 0 aliphatic carbocycles. The van der Waals surface area contributed by atoms with E-state index >= 15 is 0 Å². The fourth-order valence-electron chi connectivity index (χ4n) is 4.09. The monoisotopic (exact) mass is 606 g/mol. The summed E-state index contributed by atoms with van der Waals surface area (Å²) < 4.78 is 9.02. The molecule has 8 heteroatoms. The normalized spacial score (nSPS) is 10.9. The van der Waals surface area contributed by atoms with Crippen molar-refractivity contribution in [3.63, 3.8) is 0 Å². The molecule has 0 radical (unpaired) electrons. The van der Waals surface area contributed by atoms with Gasteiger partial charge in [-0.15, -0.1) is 0 Å². The third-order valence-electron chi connectivity index (χ3n) is 5.88. The Morgan fingerprint density at radius 3 is 2.34 bits per heavy atom. The van der Waals surface area contributed by atoms with Gasteiger partial charge in [0.15, 0.2) is 0 Å². The SMILES string of the molecule is O=C(O)Cc1ccc(OCc2cccc(Cl)c2)c(-c2cc(-c3ccc(Br)cc3)n(-c3ccc(Cl)cc3)n2)c1. The summed E-state index contributed by atoms with van der Waals surface area (Å²) in [6, 6.07) is 30.2. The van der Waals surface area contributed by atoms with Crippen LogP contribution in [0.3, 0.4) is 0 Å². The molecule has 4 aromatic carbocycles. The standard InChI is InChI=1S/C30H21BrCl2N2O3/c31-22-7-5-21(6-8-22)28-17-27(34-35(28)25-11-9-23(32)10-12-25)26-15-19(16-30(36)37)4-13-29(26)38-18-20-2-1-3-24(33)14-20/h1-15,17H,16,18H2,(H,36,37). The van der Waals surface area contributed by atoms with Gasteiger partial charge in [-0.25, -0.2) is 4.68 Å². The Morgan fingerprint density at radius 1 is 0.868 bits per heavy atom. The van der Waals surface area contributed by atoms with E-state index in [-0.39, 0.29) is 6.42 Å². The molecule has 1 aromatic heterocycles. The fraction of sp³-hybridized carbons (Fsp3) is 0.0667. The summed E-state index contributed by atoms with van der Waals surface area (Å²) in [4.78, 5) is 11.4. The van der Waals surface area contributed by atoms with Gasteiger partial charge < -0.3 is 9.84 Å². The van der Waals surface area contributed by atoms with Crippen LogP contribution in [-0.2, 0) is 17.8 Å². The molecule has 1 N–H and O–H groups in total. The van der Waals surface area contributed by atoms with E-state index in [0.29, 0.717) is 39.2 Å². The lowest BCUT2D eigenvalue weighted by atomic mass is 10.0. The Kier molecular flexibility index (Phi) is 7.84. The van der Waals surface area contributed by atoms with Crippen molar-refractivity contribution >= 4 is 45.1 Å². The number of hydrogen-bond donors (Lipinski definition) is 1. The summed E-state index contributed by atoms with van der Waals surface area (Å²) >= 11 is 15.8. The molecule has 38 heavy (non-hydrogen) atoms. The van der Waals surface area contributed by atoms with E-state index in [1.165, 1.54) is 0 Å². The third-order valence-corrected chi connectivity index (χ3v) is 6.89. The van der Waals surface area contributed by atoms with Crippen LogP contribution >= 0.6 is 39.1 Å². The number of halogens is 3. The molecule has 0 saturated carbocycles. The Labute approximate surface area is 238 Å². The molecular formula is C30H21BrCl2N2O3. The number of hydrogen-bond acceptors (Lipinski definition) is 3. The van der Waals surface area contributed by atoms with Gasteiger partial charge in [0.2, 0.25) is 0 Å². The maximum atomic E-state index is 11.4. The largest absolute Gasteiger partial charge is 0.488 e. The Bertz CT molecular complexity index is 1540. The third kappa shape index (κ3) is 6.10. The van der Waals surface area contributed by atoms with Crippen molar-refractivity contribution in [1.82, 2.24) is 9.78 Å². The number of ether oxygens (including phenoxy) is 1. The molecular weight excluding hydrogens is 587 g/mol. The van der Waals surface area contributed by atoms with Crippen molar-refractivity contribution in [2.24, 2.45) is 0 Å². The van der Waals surface area contributed by atoms with E-state index in [2.05, 4.69) is 15.9 Å². The second-order valence-electron chi connectivity index (χ2n) is 8.63. The van der Waals surface area contributed by atoms with Crippen LogP contribution in [0.5, 0.6) is 5.75 Å². The van der Waals surface area contributed by atoms with E-state index in [9.17, 15) is 9.90 Å². The molecule has 190 valence electrons. The van der Waals surface area contributed by atoms with Gasteiger partial charge in [0, 0.05) is 25.6 Å². The van der Waals surface area contributed by atoms with Crippen molar-refractivity contribution in [2.75, 3.05) is 0 Å². The highest BCUT2D eigenvalue weighted by Gasteiger charge is 2.18. The summed E-state index contributed by atoms with van der Waals surface area (Å²) in [5, 5.41) is 15.6. The van der Waals surface area contributed by atoms with Gasteiger partial charge in [-0.05, 0) is 77.9 Å². The van der Waals surface area contributed by atoms with Crippen LogP contribution in [0, 0.1) is 0 Å². The Balaban J connectivity index is 1.62. The Hall–Kier alpha value is -3.58. The zero-order chi connectivity index (χ0) is 26.6. The lowest BCUT2D eigenvalue weighted by molar-refractivity contribution is -0.136. The summed E-state index contributed by atoms with van der Waals surface area (Å²) in [6.45, 7) is 0.295. The van der Waals surface area contributed by atoms with E-state index in [0.717, 1.165) is 27.0 Å². The second kappa shape index (κ2) is 11.4. The highest BCUT2D eigenvalue weighted by Crippen LogP contribution is 2.35. The van der Waals surface area contributed by atoms with E-state index in [1.807, 2.05) is 89.6 Å². The fourth-order valence-corrected chi connectivity index (χ4v) is 4.70. The molecule has 0 fully saturated rings.